The van der Waals surface area contributed by atoms with Gasteiger partial charge in [-0.3, -0.25) is 0 Å². The Morgan fingerprint density at radius 3 is 2.55 bits per heavy atom. The zero-order valence-corrected chi connectivity index (χ0v) is 12.2. The number of benzene rings is 1. The van der Waals surface area contributed by atoms with Crippen LogP contribution in [0.3, 0.4) is 0 Å². The molecule has 2 heterocycles. The van der Waals surface area contributed by atoms with Crippen LogP contribution in [0, 0.1) is 6.92 Å². The van der Waals surface area contributed by atoms with Crippen molar-refractivity contribution in [3.63, 3.8) is 0 Å². The number of hydrogen-bond acceptors (Lipinski definition) is 3. The van der Waals surface area contributed by atoms with Gasteiger partial charge in [0.15, 0.2) is 0 Å². The van der Waals surface area contributed by atoms with Crippen molar-refractivity contribution in [3.05, 3.63) is 53.3 Å². The maximum Gasteiger partial charge on any atom is 0.208 e. The van der Waals surface area contributed by atoms with E-state index < -0.39 is 9.84 Å². The normalized spacial score (nSPS) is 11.9. The van der Waals surface area contributed by atoms with Gasteiger partial charge >= 0.3 is 0 Å². The highest BCUT2D eigenvalue weighted by Crippen LogP contribution is 2.32. The van der Waals surface area contributed by atoms with Gasteiger partial charge in [-0.1, -0.05) is 29.3 Å². The first kappa shape index (κ1) is 13.1. The van der Waals surface area contributed by atoms with E-state index in [1.165, 1.54) is 6.20 Å². The van der Waals surface area contributed by atoms with E-state index in [-0.39, 0.29) is 14.8 Å². The number of fused-ring (bicyclic) bond motifs is 1. The summed E-state index contributed by atoms with van der Waals surface area (Å²) in [6.45, 7) is 1.90. The van der Waals surface area contributed by atoms with Crippen molar-refractivity contribution in [2.75, 3.05) is 0 Å². The van der Waals surface area contributed by atoms with Gasteiger partial charge in [0.2, 0.25) is 9.84 Å². The van der Waals surface area contributed by atoms with Gasteiger partial charge < -0.3 is 4.98 Å². The molecule has 0 fully saturated rings. The fourth-order valence-electron chi connectivity index (χ4n) is 2.07. The monoisotopic (exact) mass is 306 g/mol. The number of nitrogens with zero attached hydrogens (tertiary/aromatic N) is 1. The molecule has 0 radical (unpaired) electrons. The molecule has 0 atom stereocenters. The summed E-state index contributed by atoms with van der Waals surface area (Å²) in [5, 5.41) is 0.621. The van der Waals surface area contributed by atoms with Gasteiger partial charge in [0.25, 0.3) is 0 Å². The molecule has 0 saturated carbocycles. The van der Waals surface area contributed by atoms with Gasteiger partial charge in [-0.25, -0.2) is 13.4 Å². The molecule has 1 aromatic carbocycles. The Morgan fingerprint density at radius 1 is 1.15 bits per heavy atom. The molecular formula is C14H11ClN2O2S. The second-order valence-electron chi connectivity index (χ2n) is 4.49. The number of nitrogens with one attached hydrogen (secondary N) is 1. The maximum absolute atomic E-state index is 12.8. The first-order valence-corrected chi connectivity index (χ1v) is 7.79. The van der Waals surface area contributed by atoms with Crippen LogP contribution in [0.25, 0.3) is 11.0 Å². The quantitative estimate of drug-likeness (QED) is 0.789. The molecule has 0 unspecified atom stereocenters. The maximum atomic E-state index is 12.8. The highest BCUT2D eigenvalue weighted by atomic mass is 35.5. The van der Waals surface area contributed by atoms with Gasteiger partial charge in [-0.15, -0.1) is 0 Å². The minimum Gasteiger partial charge on any atom is -0.346 e. The molecule has 0 aliphatic carbocycles. The molecule has 6 heteroatoms. The van der Waals surface area contributed by atoms with E-state index in [4.69, 9.17) is 11.6 Å². The Morgan fingerprint density at radius 2 is 1.85 bits per heavy atom. The predicted octanol–water partition coefficient (Wildman–Crippen LogP) is 3.36. The smallest absolute Gasteiger partial charge is 0.208 e. The third-order valence-corrected chi connectivity index (χ3v) is 5.36. The Bertz CT molecular complexity index is 883. The Kier molecular flexibility index (Phi) is 3.03. The molecule has 3 aromatic rings. The molecule has 4 nitrogen and oxygen atoms in total. The lowest BCUT2D eigenvalue weighted by Crippen LogP contribution is -2.04. The van der Waals surface area contributed by atoms with Crippen LogP contribution in [0.5, 0.6) is 0 Å². The lowest BCUT2D eigenvalue weighted by atomic mass is 10.2. The molecule has 3 rings (SSSR count). The number of H-pyrrole nitrogens is 1. The van der Waals surface area contributed by atoms with Crippen LogP contribution in [-0.2, 0) is 9.84 Å². The average molecular weight is 307 g/mol. The molecule has 0 aliphatic rings. The largest absolute Gasteiger partial charge is 0.346 e. The summed E-state index contributed by atoms with van der Waals surface area (Å²) >= 11 is 6.07. The highest BCUT2D eigenvalue weighted by molar-refractivity contribution is 7.91. The number of halogens is 1. The van der Waals surface area contributed by atoms with Crippen molar-refractivity contribution in [3.8, 4) is 0 Å². The van der Waals surface area contributed by atoms with Crippen LogP contribution in [0.1, 0.15) is 5.56 Å². The van der Waals surface area contributed by atoms with E-state index in [1.54, 1.807) is 36.5 Å². The van der Waals surface area contributed by atoms with Gasteiger partial charge in [-0.05, 0) is 25.1 Å². The lowest BCUT2D eigenvalue weighted by Gasteiger charge is -2.08. The fraction of sp³-hybridized carbons (Fsp3) is 0.0714. The molecule has 0 amide bonds. The van der Waals surface area contributed by atoms with Crippen molar-refractivity contribution in [2.24, 2.45) is 0 Å². The summed E-state index contributed by atoms with van der Waals surface area (Å²) in [5.41, 5.74) is 1.50. The van der Waals surface area contributed by atoms with Crippen LogP contribution in [0.15, 0.2) is 52.5 Å². The zero-order valence-electron chi connectivity index (χ0n) is 10.6. The lowest BCUT2D eigenvalue weighted by molar-refractivity contribution is 0.597. The zero-order chi connectivity index (χ0) is 14.3. The van der Waals surface area contributed by atoms with Gasteiger partial charge in [0.05, 0.1) is 9.92 Å². The topological polar surface area (TPSA) is 62.8 Å². The van der Waals surface area contributed by atoms with Crippen molar-refractivity contribution in [1.29, 1.82) is 0 Å². The highest BCUT2D eigenvalue weighted by Gasteiger charge is 2.24. The van der Waals surface area contributed by atoms with E-state index in [0.29, 0.717) is 11.0 Å². The van der Waals surface area contributed by atoms with E-state index in [1.807, 2.05) is 6.92 Å². The predicted molar refractivity (Wildman–Crippen MR) is 77.7 cm³/mol. The standard InChI is InChI=1S/C14H11ClN2O2S/c1-9-2-4-10(5-3-9)20(18,19)13-11-6-7-16-14(11)17-8-12(13)15/h2-8H,1H3,(H,16,17). The van der Waals surface area contributed by atoms with Crippen molar-refractivity contribution < 1.29 is 8.42 Å². The second-order valence-corrected chi connectivity index (χ2v) is 6.79. The number of aromatic nitrogens is 2. The van der Waals surface area contributed by atoms with Gasteiger partial charge in [0.1, 0.15) is 10.5 Å². The fourth-order valence-corrected chi connectivity index (χ4v) is 4.02. The molecule has 102 valence electrons. The Hall–Kier alpha value is -1.85. The summed E-state index contributed by atoms with van der Waals surface area (Å²) in [6, 6.07) is 8.35. The third-order valence-electron chi connectivity index (χ3n) is 3.09. The molecule has 0 bridgehead atoms. The van der Waals surface area contributed by atoms with E-state index in [2.05, 4.69) is 9.97 Å². The second kappa shape index (κ2) is 4.61. The molecule has 1 N–H and O–H groups in total. The molecule has 20 heavy (non-hydrogen) atoms. The minimum atomic E-state index is -3.67. The van der Waals surface area contributed by atoms with Crippen LogP contribution in [0.4, 0.5) is 0 Å². The van der Waals surface area contributed by atoms with Crippen LogP contribution in [-0.4, -0.2) is 18.4 Å². The van der Waals surface area contributed by atoms with Gasteiger partial charge in [0, 0.05) is 17.8 Å². The molecule has 0 spiro atoms. The number of aryl methyl sites for hydroxylation is 1. The molecule has 0 aliphatic heterocycles. The summed E-state index contributed by atoms with van der Waals surface area (Å²) in [4.78, 5) is 7.27. The van der Waals surface area contributed by atoms with Crippen LogP contribution in [0.2, 0.25) is 5.02 Å². The molecule has 2 aromatic heterocycles. The number of rotatable bonds is 2. The number of hydrogen-bond donors (Lipinski definition) is 1. The van der Waals surface area contributed by atoms with E-state index >= 15 is 0 Å². The minimum absolute atomic E-state index is 0.0919. The average Bonchev–Trinajstić information content (AvgIpc) is 2.86. The summed E-state index contributed by atoms with van der Waals surface area (Å²) in [5.74, 6) is 0. The first-order valence-electron chi connectivity index (χ1n) is 5.93. The van der Waals surface area contributed by atoms with E-state index in [0.717, 1.165) is 5.56 Å². The van der Waals surface area contributed by atoms with E-state index in [9.17, 15) is 8.42 Å². The molecular weight excluding hydrogens is 296 g/mol. The summed E-state index contributed by atoms with van der Waals surface area (Å²) < 4.78 is 25.5. The Balaban J connectivity index is 2.31. The number of pyridine rings is 1. The summed E-state index contributed by atoms with van der Waals surface area (Å²) in [6.07, 6.45) is 2.99. The van der Waals surface area contributed by atoms with Crippen LogP contribution < -0.4 is 0 Å². The molecule has 0 saturated heterocycles. The third kappa shape index (κ3) is 1.99. The van der Waals surface area contributed by atoms with Gasteiger partial charge in [-0.2, -0.15) is 0 Å². The Labute approximate surface area is 121 Å². The summed E-state index contributed by atoms with van der Waals surface area (Å²) in [7, 11) is -3.67. The van der Waals surface area contributed by atoms with Crippen molar-refractivity contribution >= 4 is 32.5 Å². The first-order chi connectivity index (χ1) is 9.50. The number of aromatic amines is 1. The SMILES string of the molecule is Cc1ccc(S(=O)(=O)c2c(Cl)cnc3[nH]ccc23)cc1. The van der Waals surface area contributed by atoms with Crippen molar-refractivity contribution in [1.82, 2.24) is 9.97 Å². The van der Waals surface area contributed by atoms with Crippen molar-refractivity contribution in [2.45, 2.75) is 16.7 Å². The van der Waals surface area contributed by atoms with Crippen LogP contribution >= 0.6 is 11.6 Å². The number of sulfone groups is 1.